The summed E-state index contributed by atoms with van der Waals surface area (Å²) < 4.78 is 34.8. The number of carbonyl (C=O) groups is 3. The van der Waals surface area contributed by atoms with Crippen LogP contribution in [0.25, 0.3) is 0 Å². The number of hydrogen-bond donors (Lipinski definition) is 3. The first-order chi connectivity index (χ1) is 7.19. The van der Waals surface area contributed by atoms with E-state index in [4.69, 9.17) is 14.8 Å². The van der Waals surface area contributed by atoms with Crippen LogP contribution in [0.2, 0.25) is 0 Å². The zero-order chi connectivity index (χ0) is 12.9. The van der Waals surface area contributed by atoms with E-state index in [1.165, 1.54) is 0 Å². The summed E-state index contributed by atoms with van der Waals surface area (Å²) in [5.74, 6) is -3.72. The first-order valence-electron chi connectivity index (χ1n) is 3.40. The van der Waals surface area contributed by atoms with Gasteiger partial charge in [-0.15, -0.1) is 0 Å². The Labute approximate surface area is 185 Å². The van der Waals surface area contributed by atoms with Gasteiger partial charge in [-0.3, -0.25) is 9.35 Å². The van der Waals surface area contributed by atoms with Crippen LogP contribution in [0.5, 0.6) is 0 Å². The van der Waals surface area contributed by atoms with Crippen molar-refractivity contribution in [2.24, 2.45) is 0 Å². The molecule has 0 amide bonds. The minimum Gasteiger partial charge on any atom is -1.00 e. The van der Waals surface area contributed by atoms with E-state index in [1.54, 1.807) is 0 Å². The Hall–Kier alpha value is 1.60. The molecule has 0 bridgehead atoms. The molecule has 0 aliphatic rings. The summed E-state index contributed by atoms with van der Waals surface area (Å²) in [4.78, 5) is 30.9. The molecule has 14 heteroatoms. The average molecular weight is 386 g/mol. The van der Waals surface area contributed by atoms with Crippen LogP contribution in [0.15, 0.2) is 0 Å². The second-order valence-electron chi connectivity index (χ2n) is 2.25. The molecule has 3 N–H and O–H groups in total. The summed E-state index contributed by atoms with van der Waals surface area (Å²) in [7, 11) is -5.18. The van der Waals surface area contributed by atoms with E-state index in [2.05, 4.69) is 8.92 Å². The van der Waals surface area contributed by atoms with E-state index in [1.807, 2.05) is 0 Å². The molecule has 0 spiro atoms. The zero-order valence-electron chi connectivity index (χ0n) is 11.6. The summed E-state index contributed by atoms with van der Waals surface area (Å²) in [6.07, 6.45) is -5.16. The van der Waals surface area contributed by atoms with Gasteiger partial charge < -0.3 is 22.0 Å². The average Bonchev–Trinajstić information content (AvgIpc) is 2.13. The van der Waals surface area contributed by atoms with Crippen molar-refractivity contribution >= 4 is 28.8 Å². The topological polar surface area (TPSA) is 164 Å². The van der Waals surface area contributed by atoms with Crippen LogP contribution in [-0.2, 0) is 50.8 Å². The van der Waals surface area contributed by atoms with Gasteiger partial charge in [0.05, 0.1) is 0 Å². The van der Waals surface area contributed by atoms with E-state index in [-0.39, 0.29) is 107 Å². The van der Waals surface area contributed by atoms with Crippen LogP contribution >= 0.6 is 0 Å². The van der Waals surface area contributed by atoms with Gasteiger partial charge in [0.1, 0.15) is 0 Å². The van der Waals surface area contributed by atoms with Crippen molar-refractivity contribution in [1.82, 2.24) is 0 Å². The summed E-state index contributed by atoms with van der Waals surface area (Å²) in [5.41, 5.74) is 0. The molecule has 0 aliphatic carbocycles. The Kier molecular flexibility index (Phi) is 20.1. The van der Waals surface area contributed by atoms with Crippen LogP contribution in [-0.4, -0.2) is 53.8 Å². The Bertz CT molecular complexity index is 408. The second-order valence-corrected chi connectivity index (χ2v) is 3.28. The molecule has 19 heavy (non-hydrogen) atoms. The van der Waals surface area contributed by atoms with Crippen LogP contribution in [0.3, 0.4) is 0 Å². The van der Waals surface area contributed by atoms with Crippen molar-refractivity contribution in [3.63, 3.8) is 0 Å². The van der Waals surface area contributed by atoms with Crippen molar-refractivity contribution in [2.75, 3.05) is 0 Å². The van der Waals surface area contributed by atoms with Crippen LogP contribution in [0.1, 0.15) is 2.85 Å². The van der Waals surface area contributed by atoms with E-state index in [0.717, 1.165) is 0 Å². The fraction of sp³-hybridized carbons (Fsp3) is 0.400. The molecule has 0 aliphatic heterocycles. The smallest absolute Gasteiger partial charge is 1.00 e. The second kappa shape index (κ2) is 13.3. The van der Waals surface area contributed by atoms with Crippen LogP contribution in [0.4, 0.5) is 0 Å². The molecular formula is C5H8CuKNaO10S. The van der Waals surface area contributed by atoms with Gasteiger partial charge in [0, 0.05) is 17.1 Å². The minimum atomic E-state index is -5.18. The fourth-order valence-corrected chi connectivity index (χ4v) is 0.834. The van der Waals surface area contributed by atoms with E-state index in [0.29, 0.717) is 0 Å². The fourth-order valence-electron chi connectivity index (χ4n) is 0.528. The van der Waals surface area contributed by atoms with Crippen molar-refractivity contribution in [3.8, 4) is 0 Å². The zero-order valence-corrected chi connectivity index (χ0v) is 16.5. The summed E-state index contributed by atoms with van der Waals surface area (Å²) >= 11 is 0. The van der Waals surface area contributed by atoms with Crippen LogP contribution < -0.4 is 80.9 Å². The third-order valence-electron chi connectivity index (χ3n) is 1.13. The van der Waals surface area contributed by atoms with Gasteiger partial charge in [-0.05, 0) is 0 Å². The number of aliphatic hydroxyl groups excluding tert-OH is 2. The maximum atomic E-state index is 10.6. The quantitative estimate of drug-likeness (QED) is 0.136. The molecule has 1 radical (unpaired) electrons. The molecule has 0 saturated heterocycles. The summed E-state index contributed by atoms with van der Waals surface area (Å²) in [6, 6.07) is 0. The summed E-state index contributed by atoms with van der Waals surface area (Å²) in [5, 5.41) is 17.7. The molecule has 107 valence electrons. The predicted molar refractivity (Wildman–Crippen MR) is 44.0 cm³/mol. The van der Waals surface area contributed by atoms with Gasteiger partial charge in [-0.1, -0.05) is 0 Å². The molecular weight excluding hydrogens is 378 g/mol. The van der Waals surface area contributed by atoms with Crippen molar-refractivity contribution in [3.05, 3.63) is 0 Å². The normalized spacial score (nSPS) is 12.4. The van der Waals surface area contributed by atoms with Crippen molar-refractivity contribution in [2.45, 2.75) is 12.2 Å². The monoisotopic (exact) mass is 385 g/mol. The Morgan fingerprint density at radius 3 is 1.84 bits per heavy atom. The van der Waals surface area contributed by atoms with Gasteiger partial charge in [0.2, 0.25) is 0 Å². The van der Waals surface area contributed by atoms with Gasteiger partial charge in [-0.25, -0.2) is 9.59 Å². The maximum absolute atomic E-state index is 10.6. The number of rotatable bonds is 5. The minimum absolute atomic E-state index is 0. The van der Waals surface area contributed by atoms with Gasteiger partial charge in [0.25, 0.3) is 0 Å². The third-order valence-corrected chi connectivity index (χ3v) is 1.51. The Morgan fingerprint density at radius 2 is 1.53 bits per heavy atom. The number of ether oxygens (including phenoxy) is 1. The third kappa shape index (κ3) is 13.0. The number of aliphatic hydroxyl groups is 2. The Morgan fingerprint density at radius 1 is 1.16 bits per heavy atom. The number of esters is 1. The van der Waals surface area contributed by atoms with Crippen molar-refractivity contribution in [1.29, 1.82) is 0 Å². The predicted octanol–water partition coefficient (Wildman–Crippen LogP) is -9.02. The molecule has 10 nitrogen and oxygen atoms in total. The van der Waals surface area contributed by atoms with Crippen molar-refractivity contribution < 1.29 is 147 Å². The van der Waals surface area contributed by atoms with Crippen LogP contribution in [0, 0.1) is 0 Å². The molecule has 0 rings (SSSR count). The summed E-state index contributed by atoms with van der Waals surface area (Å²) in [6.45, 7) is -0.383. The van der Waals surface area contributed by atoms with E-state index < -0.39 is 34.5 Å². The number of carbonyl (C=O) groups excluding carboxylic acids is 3. The molecule has 0 aromatic carbocycles. The van der Waals surface area contributed by atoms with Gasteiger partial charge >= 0.3 is 110 Å². The standard InChI is InChI=1S/C5H6O10S.Cu.K.Na.2H/c6-1-14-4(9)2(7)3(8)5(10)15-16(11,12)13;;;;;/h1-3,7-8H,(H,11,12,13);;;;;/q;;2*+1;2*-1. The molecule has 0 saturated carbocycles. The molecule has 0 aromatic heterocycles. The number of hydrogen-bond acceptors (Lipinski definition) is 9. The van der Waals surface area contributed by atoms with Gasteiger partial charge in [-0.2, -0.15) is 8.42 Å². The molecule has 0 heterocycles. The molecule has 2 unspecified atom stereocenters. The largest absolute Gasteiger partial charge is 1.00 e. The molecule has 2 atom stereocenters. The first kappa shape index (κ1) is 28.7. The Balaban J connectivity index is -0.000000112. The SMILES string of the molecule is O=COC(=O)C(O)C(O)C(=O)OS(=O)(=O)O.[Cu].[H-].[H-].[K+].[Na+]. The van der Waals surface area contributed by atoms with Gasteiger partial charge in [0.15, 0.2) is 12.2 Å². The molecule has 0 fully saturated rings. The van der Waals surface area contributed by atoms with E-state index in [9.17, 15) is 22.8 Å². The van der Waals surface area contributed by atoms with E-state index >= 15 is 0 Å². The molecule has 0 aromatic rings. The maximum Gasteiger partial charge on any atom is 1.00 e. The first-order valence-corrected chi connectivity index (χ1v) is 4.76.